The quantitative estimate of drug-likeness (QED) is 0.494. The van der Waals surface area contributed by atoms with E-state index in [2.05, 4.69) is 10.3 Å². The summed E-state index contributed by atoms with van der Waals surface area (Å²) in [6.45, 7) is 1.88. The van der Waals surface area contributed by atoms with Gasteiger partial charge < -0.3 is 15.4 Å². The first-order chi connectivity index (χ1) is 14.2. The standard InChI is InChI=1S/C19H24N4O6S/c1-12-16(18(26)22-19(27)21-12)30(28,29)23-10-2-3-14(11-23)17(25)20-9-8-13-4-6-15(24)7-5-13/h4-7,14,24H,2-3,8-11H2,1H3,(H,20,25)(H2,21,22,26,27). The number of sulfonamides is 1. The molecular weight excluding hydrogens is 412 g/mol. The molecule has 0 bridgehead atoms. The minimum Gasteiger partial charge on any atom is -0.508 e. The number of aryl methyl sites for hydroxylation is 1. The van der Waals surface area contributed by atoms with E-state index in [0.717, 1.165) is 9.87 Å². The molecule has 10 nitrogen and oxygen atoms in total. The SMILES string of the molecule is Cc1[nH]c(=O)[nH]c(=O)c1S(=O)(=O)N1CCCC(C(=O)NCCc2ccc(O)cc2)C1. The largest absolute Gasteiger partial charge is 0.508 e. The molecule has 4 N–H and O–H groups in total. The number of hydrogen-bond acceptors (Lipinski definition) is 6. The smallest absolute Gasteiger partial charge is 0.325 e. The zero-order valence-electron chi connectivity index (χ0n) is 16.5. The molecule has 1 unspecified atom stereocenters. The number of phenols is 1. The van der Waals surface area contributed by atoms with Gasteiger partial charge in [0.2, 0.25) is 15.9 Å². The van der Waals surface area contributed by atoms with E-state index in [4.69, 9.17) is 0 Å². The molecule has 1 amide bonds. The van der Waals surface area contributed by atoms with Crippen LogP contribution in [0.1, 0.15) is 24.1 Å². The summed E-state index contributed by atoms with van der Waals surface area (Å²) in [5.41, 5.74) is -0.837. The van der Waals surface area contributed by atoms with Crippen LogP contribution in [-0.2, 0) is 21.2 Å². The average Bonchev–Trinajstić information content (AvgIpc) is 2.68. The molecular formula is C19H24N4O6S. The van der Waals surface area contributed by atoms with Gasteiger partial charge in [-0.3, -0.25) is 14.6 Å². The maximum Gasteiger partial charge on any atom is 0.325 e. The lowest BCUT2D eigenvalue weighted by molar-refractivity contribution is -0.126. The molecule has 0 saturated carbocycles. The van der Waals surface area contributed by atoms with Crippen LogP contribution in [0.3, 0.4) is 0 Å². The normalized spacial score (nSPS) is 17.6. The Bertz CT molecular complexity index is 1140. The van der Waals surface area contributed by atoms with Crippen LogP contribution in [-0.4, -0.2) is 53.3 Å². The van der Waals surface area contributed by atoms with Crippen molar-refractivity contribution in [1.82, 2.24) is 19.6 Å². The first kappa shape index (κ1) is 21.8. The minimum absolute atomic E-state index is 0.0363. The first-order valence-electron chi connectivity index (χ1n) is 9.57. The highest BCUT2D eigenvalue weighted by Gasteiger charge is 2.35. The number of H-pyrrole nitrogens is 2. The van der Waals surface area contributed by atoms with Gasteiger partial charge in [-0.25, -0.2) is 13.2 Å². The summed E-state index contributed by atoms with van der Waals surface area (Å²) in [5.74, 6) is -0.612. The topological polar surface area (TPSA) is 152 Å². The monoisotopic (exact) mass is 436 g/mol. The van der Waals surface area contributed by atoms with Crippen LogP contribution < -0.4 is 16.6 Å². The predicted octanol–water partition coefficient (Wildman–Crippen LogP) is -0.163. The molecule has 1 fully saturated rings. The molecule has 1 saturated heterocycles. The predicted molar refractivity (Wildman–Crippen MR) is 109 cm³/mol. The van der Waals surface area contributed by atoms with E-state index >= 15 is 0 Å². The number of rotatable bonds is 6. The second-order valence-electron chi connectivity index (χ2n) is 7.27. The Kier molecular flexibility index (Phi) is 6.42. The van der Waals surface area contributed by atoms with Crippen molar-refractivity contribution in [1.29, 1.82) is 0 Å². The minimum atomic E-state index is -4.16. The maximum atomic E-state index is 13.0. The Morgan fingerprint density at radius 1 is 1.23 bits per heavy atom. The van der Waals surface area contributed by atoms with E-state index < -0.39 is 32.1 Å². The summed E-state index contributed by atoms with van der Waals surface area (Å²) in [5, 5.41) is 12.1. The fraction of sp³-hybridized carbons (Fsp3) is 0.421. The van der Waals surface area contributed by atoms with Gasteiger partial charge in [0.25, 0.3) is 5.56 Å². The van der Waals surface area contributed by atoms with Gasteiger partial charge >= 0.3 is 5.69 Å². The zero-order valence-corrected chi connectivity index (χ0v) is 17.3. The molecule has 0 aliphatic carbocycles. The molecule has 1 aliphatic heterocycles. The van der Waals surface area contributed by atoms with E-state index in [1.54, 1.807) is 24.3 Å². The van der Waals surface area contributed by atoms with E-state index in [-0.39, 0.29) is 30.4 Å². The third-order valence-corrected chi connectivity index (χ3v) is 7.10. The van der Waals surface area contributed by atoms with E-state index in [1.165, 1.54) is 6.92 Å². The number of hydrogen-bond donors (Lipinski definition) is 4. The third kappa shape index (κ3) is 4.79. The number of aromatic amines is 2. The van der Waals surface area contributed by atoms with Crippen LogP contribution in [0.25, 0.3) is 0 Å². The highest BCUT2D eigenvalue weighted by molar-refractivity contribution is 7.89. The van der Waals surface area contributed by atoms with Crippen molar-refractivity contribution in [2.24, 2.45) is 5.92 Å². The molecule has 162 valence electrons. The third-order valence-electron chi connectivity index (χ3n) is 5.08. The van der Waals surface area contributed by atoms with Crippen LogP contribution in [0.15, 0.2) is 38.8 Å². The van der Waals surface area contributed by atoms with Crippen LogP contribution in [0.2, 0.25) is 0 Å². The van der Waals surface area contributed by atoms with Gasteiger partial charge in [0, 0.05) is 25.3 Å². The molecule has 0 spiro atoms. The van der Waals surface area contributed by atoms with Gasteiger partial charge in [0.15, 0.2) is 4.90 Å². The van der Waals surface area contributed by atoms with Gasteiger partial charge in [-0.15, -0.1) is 0 Å². The van der Waals surface area contributed by atoms with Crippen molar-refractivity contribution in [3.8, 4) is 5.75 Å². The number of aromatic nitrogens is 2. The Balaban J connectivity index is 1.65. The molecule has 1 aliphatic rings. The van der Waals surface area contributed by atoms with Crippen molar-refractivity contribution < 1.29 is 18.3 Å². The van der Waals surface area contributed by atoms with E-state index in [9.17, 15) is 27.9 Å². The number of nitrogens with one attached hydrogen (secondary N) is 3. The van der Waals surface area contributed by atoms with Crippen molar-refractivity contribution >= 4 is 15.9 Å². The van der Waals surface area contributed by atoms with Gasteiger partial charge in [-0.2, -0.15) is 4.31 Å². The lowest BCUT2D eigenvalue weighted by Crippen LogP contribution is -2.47. The van der Waals surface area contributed by atoms with E-state index in [0.29, 0.717) is 25.8 Å². The molecule has 0 radical (unpaired) electrons. The number of aromatic hydroxyl groups is 1. The van der Waals surface area contributed by atoms with Crippen LogP contribution >= 0.6 is 0 Å². The number of phenolic OH excluding ortho intramolecular Hbond substituents is 1. The van der Waals surface area contributed by atoms with Gasteiger partial charge in [0.1, 0.15) is 5.75 Å². The maximum absolute atomic E-state index is 13.0. The Morgan fingerprint density at radius 2 is 1.93 bits per heavy atom. The van der Waals surface area contributed by atoms with Crippen molar-refractivity contribution in [2.45, 2.75) is 31.1 Å². The summed E-state index contributed by atoms with van der Waals surface area (Å²) in [4.78, 5) is 39.7. The molecule has 2 aromatic rings. The number of amides is 1. The second kappa shape index (κ2) is 8.84. The summed E-state index contributed by atoms with van der Waals surface area (Å²) in [7, 11) is -4.16. The van der Waals surface area contributed by atoms with Crippen molar-refractivity contribution in [3.63, 3.8) is 0 Å². The lowest BCUT2D eigenvalue weighted by atomic mass is 9.99. The Labute approximate surface area is 173 Å². The van der Waals surface area contributed by atoms with Crippen molar-refractivity contribution in [2.75, 3.05) is 19.6 Å². The Morgan fingerprint density at radius 3 is 2.60 bits per heavy atom. The number of benzene rings is 1. The summed E-state index contributed by atoms with van der Waals surface area (Å²) in [6.07, 6.45) is 1.60. The molecule has 30 heavy (non-hydrogen) atoms. The van der Waals surface area contributed by atoms with E-state index in [1.807, 2.05) is 4.98 Å². The first-order valence-corrected chi connectivity index (χ1v) is 11.0. The number of carbonyl (C=O) groups excluding carboxylic acids is 1. The van der Waals surface area contributed by atoms with Crippen molar-refractivity contribution in [3.05, 3.63) is 56.4 Å². The lowest BCUT2D eigenvalue weighted by Gasteiger charge is -2.31. The number of carbonyl (C=O) groups is 1. The van der Waals surface area contributed by atoms with Gasteiger partial charge in [-0.05, 0) is 43.9 Å². The fourth-order valence-electron chi connectivity index (χ4n) is 3.54. The van der Waals surface area contributed by atoms with Crippen LogP contribution in [0.5, 0.6) is 5.75 Å². The highest BCUT2D eigenvalue weighted by Crippen LogP contribution is 2.23. The summed E-state index contributed by atoms with van der Waals surface area (Å²) >= 11 is 0. The fourth-order valence-corrected chi connectivity index (χ4v) is 5.27. The van der Waals surface area contributed by atoms with Gasteiger partial charge in [0.05, 0.1) is 5.92 Å². The summed E-state index contributed by atoms with van der Waals surface area (Å²) < 4.78 is 27.1. The highest BCUT2D eigenvalue weighted by atomic mass is 32.2. The van der Waals surface area contributed by atoms with Crippen LogP contribution in [0, 0.1) is 12.8 Å². The molecule has 3 rings (SSSR count). The van der Waals surface area contributed by atoms with Crippen LogP contribution in [0.4, 0.5) is 0 Å². The molecule has 1 atom stereocenters. The number of nitrogens with zero attached hydrogens (tertiary/aromatic N) is 1. The second-order valence-corrected chi connectivity index (χ2v) is 9.15. The molecule has 11 heteroatoms. The Hall–Kier alpha value is -2.92. The zero-order chi connectivity index (χ0) is 21.9. The van der Waals surface area contributed by atoms with Gasteiger partial charge in [-0.1, -0.05) is 12.1 Å². The molecule has 1 aromatic heterocycles. The average molecular weight is 436 g/mol. The molecule has 1 aromatic carbocycles. The summed E-state index contributed by atoms with van der Waals surface area (Å²) in [6, 6.07) is 6.67. The molecule has 2 heterocycles. The number of piperidine rings is 1.